The van der Waals surface area contributed by atoms with Gasteiger partial charge in [-0.3, -0.25) is 9.59 Å². The molecule has 6 nitrogen and oxygen atoms in total. The zero-order chi connectivity index (χ0) is 15.4. The molecule has 0 bridgehead atoms. The number of halogens is 2. The minimum absolute atomic E-state index is 0.0499. The number of benzene rings is 1. The first-order valence-corrected chi connectivity index (χ1v) is 6.35. The molecule has 1 amide bonds. The van der Waals surface area contributed by atoms with E-state index in [4.69, 9.17) is 11.6 Å². The lowest BCUT2D eigenvalue weighted by atomic mass is 10.3. The Bertz CT molecular complexity index is 719. The van der Waals surface area contributed by atoms with E-state index in [9.17, 15) is 14.0 Å². The third-order valence-corrected chi connectivity index (χ3v) is 3.04. The number of carbonyl (C=O) groups is 1. The van der Waals surface area contributed by atoms with E-state index < -0.39 is 11.4 Å². The van der Waals surface area contributed by atoms with E-state index in [1.54, 1.807) is 13.1 Å². The number of carbonyl (C=O) groups excluding carboxylic acids is 1. The number of hydrogen-bond acceptors (Lipinski definition) is 4. The maximum Gasteiger partial charge on any atom is 0.285 e. The predicted molar refractivity (Wildman–Crippen MR) is 78.2 cm³/mol. The molecule has 0 radical (unpaired) electrons. The molecule has 21 heavy (non-hydrogen) atoms. The normalized spacial score (nSPS) is 10.2. The van der Waals surface area contributed by atoms with Crippen LogP contribution in [0.3, 0.4) is 0 Å². The number of hydrogen-bond donors (Lipinski definition) is 2. The Labute approximate surface area is 124 Å². The fourth-order valence-corrected chi connectivity index (χ4v) is 1.94. The Hall–Kier alpha value is -2.41. The van der Waals surface area contributed by atoms with Gasteiger partial charge in [0.25, 0.3) is 5.56 Å². The molecule has 2 aromatic rings. The van der Waals surface area contributed by atoms with Gasteiger partial charge in [-0.25, -0.2) is 9.49 Å². The van der Waals surface area contributed by atoms with E-state index in [2.05, 4.69) is 15.5 Å². The molecule has 110 valence electrons. The Morgan fingerprint density at radius 2 is 2.29 bits per heavy atom. The number of H-pyrrole nitrogens is 1. The number of amides is 1. The minimum atomic E-state index is -0.536. The second kappa shape index (κ2) is 6.36. The fraction of sp³-hybridized carbons (Fsp3) is 0.154. The predicted octanol–water partition coefficient (Wildman–Crippen LogP) is 1.64. The molecule has 0 fully saturated rings. The summed E-state index contributed by atoms with van der Waals surface area (Å²) in [4.78, 5) is 24.7. The third-order valence-electron chi connectivity index (χ3n) is 2.68. The second-order valence-electron chi connectivity index (χ2n) is 4.31. The summed E-state index contributed by atoms with van der Waals surface area (Å²) in [7, 11) is 1.59. The zero-order valence-electron chi connectivity index (χ0n) is 11.1. The molecule has 0 saturated carbocycles. The molecule has 1 aromatic carbocycles. The van der Waals surface area contributed by atoms with Gasteiger partial charge in [0.1, 0.15) is 10.8 Å². The lowest BCUT2D eigenvalue weighted by Gasteiger charge is -2.18. The topological polar surface area (TPSA) is 78.1 Å². The first-order valence-electron chi connectivity index (χ1n) is 5.97. The van der Waals surface area contributed by atoms with Crippen molar-refractivity contribution in [1.82, 2.24) is 10.2 Å². The largest absolute Gasteiger partial charge is 0.363 e. The van der Waals surface area contributed by atoms with Crippen LogP contribution in [0.2, 0.25) is 5.02 Å². The van der Waals surface area contributed by atoms with Gasteiger partial charge < -0.3 is 10.2 Å². The average molecular weight is 311 g/mol. The molecule has 2 N–H and O–H groups in total. The standard InChI is InChI=1S/C13H12ClFN4O2/c1-19(10-6-16-18-13(21)12(10)14)7-11(20)17-9-4-2-3-8(15)5-9/h2-6H,7H2,1H3,(H,17,20)(H,18,21). The monoisotopic (exact) mass is 310 g/mol. The van der Waals surface area contributed by atoms with E-state index in [-0.39, 0.29) is 17.5 Å². The average Bonchev–Trinajstić information content (AvgIpc) is 2.41. The Balaban J connectivity index is 2.05. The smallest absolute Gasteiger partial charge is 0.285 e. The van der Waals surface area contributed by atoms with Crippen molar-refractivity contribution in [3.63, 3.8) is 0 Å². The second-order valence-corrected chi connectivity index (χ2v) is 4.69. The van der Waals surface area contributed by atoms with Gasteiger partial charge in [0.2, 0.25) is 5.91 Å². The first kappa shape index (κ1) is 15.0. The third kappa shape index (κ3) is 3.79. The molecule has 0 saturated heterocycles. The highest BCUT2D eigenvalue weighted by Crippen LogP contribution is 2.18. The molecule has 0 aliphatic heterocycles. The van der Waals surface area contributed by atoms with Gasteiger partial charge in [0, 0.05) is 12.7 Å². The molecule has 0 aliphatic rings. The number of nitrogens with one attached hydrogen (secondary N) is 2. The van der Waals surface area contributed by atoms with Crippen molar-refractivity contribution >= 4 is 28.9 Å². The molecule has 0 spiro atoms. The van der Waals surface area contributed by atoms with Crippen LogP contribution in [0, 0.1) is 5.82 Å². The summed E-state index contributed by atoms with van der Waals surface area (Å²) in [5.74, 6) is -0.817. The SMILES string of the molecule is CN(CC(=O)Nc1cccc(F)c1)c1cn[nH]c(=O)c1Cl. The minimum Gasteiger partial charge on any atom is -0.363 e. The maximum absolute atomic E-state index is 13.0. The van der Waals surface area contributed by atoms with E-state index in [1.807, 2.05) is 0 Å². The van der Waals surface area contributed by atoms with Crippen molar-refractivity contribution in [2.75, 3.05) is 23.8 Å². The van der Waals surface area contributed by atoms with Crippen LogP contribution >= 0.6 is 11.6 Å². The summed E-state index contributed by atoms with van der Waals surface area (Å²) in [6.07, 6.45) is 1.35. The molecule has 8 heteroatoms. The quantitative estimate of drug-likeness (QED) is 0.900. The number of rotatable bonds is 4. The molecule has 1 aromatic heterocycles. The summed E-state index contributed by atoms with van der Waals surface area (Å²) < 4.78 is 13.0. The summed E-state index contributed by atoms with van der Waals surface area (Å²) in [6, 6.07) is 5.55. The van der Waals surface area contributed by atoms with Crippen LogP contribution in [0.25, 0.3) is 0 Å². The van der Waals surface area contributed by atoms with E-state index in [0.29, 0.717) is 11.4 Å². The van der Waals surface area contributed by atoms with Crippen LogP contribution in [-0.2, 0) is 4.79 Å². The Morgan fingerprint density at radius 1 is 1.52 bits per heavy atom. The number of aromatic nitrogens is 2. The molecule has 1 heterocycles. The van der Waals surface area contributed by atoms with E-state index in [1.165, 1.54) is 29.3 Å². The number of aromatic amines is 1. The van der Waals surface area contributed by atoms with Crippen molar-refractivity contribution in [2.45, 2.75) is 0 Å². The number of anilines is 2. The molecule has 0 unspecified atom stereocenters. The van der Waals surface area contributed by atoms with Gasteiger partial charge >= 0.3 is 0 Å². The van der Waals surface area contributed by atoms with E-state index in [0.717, 1.165) is 0 Å². The van der Waals surface area contributed by atoms with Crippen molar-refractivity contribution < 1.29 is 9.18 Å². The van der Waals surface area contributed by atoms with Crippen LogP contribution in [-0.4, -0.2) is 29.7 Å². The van der Waals surface area contributed by atoms with Gasteiger partial charge in [0.15, 0.2) is 0 Å². The Kier molecular flexibility index (Phi) is 4.54. The molecule has 0 atom stereocenters. The molecule has 2 rings (SSSR count). The lowest BCUT2D eigenvalue weighted by Crippen LogP contribution is -2.31. The van der Waals surface area contributed by atoms with Crippen molar-refractivity contribution in [3.8, 4) is 0 Å². The fourth-order valence-electron chi connectivity index (χ4n) is 1.71. The summed E-state index contributed by atoms with van der Waals surface area (Å²) in [5, 5.41) is 8.31. The van der Waals surface area contributed by atoms with Gasteiger partial charge in [-0.2, -0.15) is 5.10 Å². The highest BCUT2D eigenvalue weighted by Gasteiger charge is 2.13. The maximum atomic E-state index is 13.0. The summed E-state index contributed by atoms with van der Waals surface area (Å²) in [5.41, 5.74) is 0.143. The van der Waals surface area contributed by atoms with Crippen LogP contribution in [0.4, 0.5) is 15.8 Å². The van der Waals surface area contributed by atoms with Crippen molar-refractivity contribution in [2.24, 2.45) is 0 Å². The molecular formula is C13H12ClFN4O2. The van der Waals surface area contributed by atoms with Gasteiger partial charge in [-0.15, -0.1) is 0 Å². The number of likely N-dealkylation sites (N-methyl/N-ethyl adjacent to an activating group) is 1. The summed E-state index contributed by atoms with van der Waals surface area (Å²) in [6.45, 7) is -0.0681. The van der Waals surface area contributed by atoms with Crippen molar-refractivity contribution in [3.05, 3.63) is 51.7 Å². The van der Waals surface area contributed by atoms with Gasteiger partial charge in [-0.1, -0.05) is 17.7 Å². The van der Waals surface area contributed by atoms with Crippen LogP contribution < -0.4 is 15.8 Å². The number of nitrogens with zero attached hydrogens (tertiary/aromatic N) is 2. The first-order chi connectivity index (χ1) is 9.97. The van der Waals surface area contributed by atoms with Crippen LogP contribution in [0.1, 0.15) is 0 Å². The van der Waals surface area contributed by atoms with Gasteiger partial charge in [0.05, 0.1) is 18.4 Å². The van der Waals surface area contributed by atoms with Crippen molar-refractivity contribution in [1.29, 1.82) is 0 Å². The highest BCUT2D eigenvalue weighted by atomic mass is 35.5. The van der Waals surface area contributed by atoms with E-state index >= 15 is 0 Å². The zero-order valence-corrected chi connectivity index (χ0v) is 11.8. The summed E-state index contributed by atoms with van der Waals surface area (Å²) >= 11 is 5.85. The lowest BCUT2D eigenvalue weighted by molar-refractivity contribution is -0.114. The van der Waals surface area contributed by atoms with Crippen LogP contribution in [0.5, 0.6) is 0 Å². The highest BCUT2D eigenvalue weighted by molar-refractivity contribution is 6.33. The molecular weight excluding hydrogens is 299 g/mol. The van der Waals surface area contributed by atoms with Crippen LogP contribution in [0.15, 0.2) is 35.3 Å². The van der Waals surface area contributed by atoms with Gasteiger partial charge in [-0.05, 0) is 18.2 Å². The Morgan fingerprint density at radius 3 is 3.00 bits per heavy atom. The molecule has 0 aliphatic carbocycles.